The largest absolute Gasteiger partial charge is 0.293 e. The minimum atomic E-state index is -2.41. The van der Waals surface area contributed by atoms with Gasteiger partial charge in [0.2, 0.25) is 0 Å². The van der Waals surface area contributed by atoms with Gasteiger partial charge in [0.25, 0.3) is 6.43 Å². The fraction of sp³-hybridized carbons (Fsp3) is 0.364. The highest BCUT2D eigenvalue weighted by Crippen LogP contribution is 2.08. The van der Waals surface area contributed by atoms with Gasteiger partial charge in [0.1, 0.15) is 0 Å². The second-order valence-electron chi connectivity index (χ2n) is 3.52. The highest BCUT2D eigenvalue weighted by Gasteiger charge is 2.12. The molecule has 0 amide bonds. The average molecular weight is 339 g/mol. The Hall–Kier alpha value is -0.560. The molecule has 1 aromatic carbocycles. The van der Waals surface area contributed by atoms with Crippen molar-refractivity contribution >= 4 is 28.4 Å². The van der Waals surface area contributed by atoms with Gasteiger partial charge in [-0.1, -0.05) is 12.1 Å². The molecule has 0 fully saturated rings. The van der Waals surface area contributed by atoms with E-state index in [2.05, 4.69) is 22.6 Å². The first-order chi connectivity index (χ1) is 7.49. The summed E-state index contributed by atoms with van der Waals surface area (Å²) in [5.74, 6) is -0.139. The van der Waals surface area contributed by atoms with Crippen LogP contribution in [0.15, 0.2) is 24.3 Å². The molecular formula is C11H12F2INO. The van der Waals surface area contributed by atoms with Gasteiger partial charge in [0, 0.05) is 9.13 Å². The predicted octanol–water partition coefficient (Wildman–Crippen LogP) is 2.67. The number of nitrogens with zero attached hydrogens (tertiary/aromatic N) is 1. The Balaban J connectivity index is 2.55. The van der Waals surface area contributed by atoms with E-state index in [0.29, 0.717) is 5.56 Å². The number of hydrogen-bond acceptors (Lipinski definition) is 2. The van der Waals surface area contributed by atoms with Crippen LogP contribution in [0.4, 0.5) is 8.78 Å². The Morgan fingerprint density at radius 3 is 2.44 bits per heavy atom. The lowest BCUT2D eigenvalue weighted by Gasteiger charge is -2.14. The highest BCUT2D eigenvalue weighted by atomic mass is 127. The first-order valence-corrected chi connectivity index (χ1v) is 5.82. The zero-order valence-electron chi connectivity index (χ0n) is 8.79. The molecule has 0 saturated heterocycles. The molecule has 0 aromatic heterocycles. The van der Waals surface area contributed by atoms with E-state index in [1.165, 1.54) is 11.9 Å². The number of benzene rings is 1. The SMILES string of the molecule is CN(CC(=O)c1ccc(I)cc1)CC(F)F. The maximum absolute atomic E-state index is 12.0. The topological polar surface area (TPSA) is 20.3 Å². The van der Waals surface area contributed by atoms with Crippen molar-refractivity contribution in [2.24, 2.45) is 0 Å². The quantitative estimate of drug-likeness (QED) is 0.607. The maximum Gasteiger partial charge on any atom is 0.251 e. The van der Waals surface area contributed by atoms with Crippen LogP contribution in [0.1, 0.15) is 10.4 Å². The zero-order valence-corrected chi connectivity index (χ0v) is 10.9. The van der Waals surface area contributed by atoms with Gasteiger partial charge in [-0.2, -0.15) is 0 Å². The number of halogens is 3. The van der Waals surface area contributed by atoms with Gasteiger partial charge in [-0.3, -0.25) is 9.69 Å². The molecule has 5 heteroatoms. The molecule has 0 N–H and O–H groups in total. The van der Waals surface area contributed by atoms with Gasteiger partial charge >= 0.3 is 0 Å². The van der Waals surface area contributed by atoms with E-state index in [-0.39, 0.29) is 18.9 Å². The molecule has 88 valence electrons. The maximum atomic E-state index is 12.0. The van der Waals surface area contributed by atoms with Crippen molar-refractivity contribution in [3.05, 3.63) is 33.4 Å². The monoisotopic (exact) mass is 339 g/mol. The van der Waals surface area contributed by atoms with Crippen molar-refractivity contribution < 1.29 is 13.6 Å². The highest BCUT2D eigenvalue weighted by molar-refractivity contribution is 14.1. The minimum Gasteiger partial charge on any atom is -0.293 e. The van der Waals surface area contributed by atoms with Crippen molar-refractivity contribution in [1.29, 1.82) is 0 Å². The molecule has 0 aliphatic carbocycles. The molecule has 2 nitrogen and oxygen atoms in total. The lowest BCUT2D eigenvalue weighted by atomic mass is 10.1. The number of hydrogen-bond donors (Lipinski definition) is 0. The summed E-state index contributed by atoms with van der Waals surface area (Å²) >= 11 is 2.14. The summed E-state index contributed by atoms with van der Waals surface area (Å²) in [5.41, 5.74) is 0.557. The zero-order chi connectivity index (χ0) is 12.1. The second-order valence-corrected chi connectivity index (χ2v) is 4.76. The Morgan fingerprint density at radius 1 is 1.38 bits per heavy atom. The van der Waals surface area contributed by atoms with Crippen molar-refractivity contribution in [2.75, 3.05) is 20.1 Å². The molecule has 1 aromatic rings. The van der Waals surface area contributed by atoms with E-state index in [4.69, 9.17) is 0 Å². The summed E-state index contributed by atoms with van der Waals surface area (Å²) in [5, 5.41) is 0. The summed E-state index contributed by atoms with van der Waals surface area (Å²) < 4.78 is 25.1. The summed E-state index contributed by atoms with van der Waals surface area (Å²) in [6.45, 7) is -0.360. The van der Waals surface area contributed by atoms with Crippen molar-refractivity contribution in [3.63, 3.8) is 0 Å². The van der Waals surface area contributed by atoms with E-state index in [1.54, 1.807) is 12.1 Å². The van der Waals surface area contributed by atoms with Gasteiger partial charge in [0.05, 0.1) is 13.1 Å². The molecule has 0 radical (unpaired) electrons. The van der Waals surface area contributed by atoms with Crippen molar-refractivity contribution in [2.45, 2.75) is 6.43 Å². The Morgan fingerprint density at radius 2 is 1.94 bits per heavy atom. The van der Waals surface area contributed by atoms with Crippen LogP contribution >= 0.6 is 22.6 Å². The fourth-order valence-electron chi connectivity index (χ4n) is 1.27. The summed E-state index contributed by atoms with van der Waals surface area (Å²) in [7, 11) is 1.51. The van der Waals surface area contributed by atoms with Crippen LogP contribution < -0.4 is 0 Å². The standard InChI is InChI=1S/C11H12F2INO/c1-15(7-11(12)13)6-10(16)8-2-4-9(14)5-3-8/h2-5,11H,6-7H2,1H3. The van der Waals surface area contributed by atoms with E-state index in [1.807, 2.05) is 12.1 Å². The van der Waals surface area contributed by atoms with Gasteiger partial charge in [0.15, 0.2) is 5.78 Å². The third kappa shape index (κ3) is 4.52. The molecule has 16 heavy (non-hydrogen) atoms. The first kappa shape index (κ1) is 13.5. The summed E-state index contributed by atoms with van der Waals surface area (Å²) in [6.07, 6.45) is -2.41. The molecule has 0 unspecified atom stereocenters. The third-order valence-electron chi connectivity index (χ3n) is 2.03. The summed E-state index contributed by atoms with van der Waals surface area (Å²) in [6, 6.07) is 7.06. The lowest BCUT2D eigenvalue weighted by Crippen LogP contribution is -2.30. The lowest BCUT2D eigenvalue weighted by molar-refractivity contribution is 0.0820. The van der Waals surface area contributed by atoms with Crippen molar-refractivity contribution in [3.8, 4) is 0 Å². The van der Waals surface area contributed by atoms with Gasteiger partial charge < -0.3 is 0 Å². The number of likely N-dealkylation sites (N-methyl/N-ethyl adjacent to an activating group) is 1. The smallest absolute Gasteiger partial charge is 0.251 e. The molecule has 0 aliphatic heterocycles. The molecule has 0 heterocycles. The minimum absolute atomic E-state index is 0.0188. The van der Waals surface area contributed by atoms with E-state index >= 15 is 0 Å². The second kappa shape index (κ2) is 6.24. The third-order valence-corrected chi connectivity index (χ3v) is 2.75. The van der Waals surface area contributed by atoms with Crippen LogP contribution in [-0.2, 0) is 0 Å². The molecular weight excluding hydrogens is 327 g/mol. The normalized spacial score (nSPS) is 11.1. The number of ketones is 1. The van der Waals surface area contributed by atoms with E-state index in [9.17, 15) is 13.6 Å². The predicted molar refractivity (Wildman–Crippen MR) is 67.0 cm³/mol. The fourth-order valence-corrected chi connectivity index (χ4v) is 1.63. The first-order valence-electron chi connectivity index (χ1n) is 4.74. The Kier molecular flexibility index (Phi) is 5.27. The summed E-state index contributed by atoms with van der Waals surface area (Å²) in [4.78, 5) is 13.0. The van der Waals surface area contributed by atoms with Crippen LogP contribution in [0.2, 0.25) is 0 Å². The molecule has 0 saturated carbocycles. The van der Waals surface area contributed by atoms with Gasteiger partial charge in [-0.25, -0.2) is 8.78 Å². The van der Waals surface area contributed by atoms with Crippen LogP contribution in [0.3, 0.4) is 0 Å². The molecule has 0 atom stereocenters. The van der Waals surface area contributed by atoms with Gasteiger partial charge in [-0.15, -0.1) is 0 Å². The van der Waals surface area contributed by atoms with Crippen LogP contribution in [0.5, 0.6) is 0 Å². The van der Waals surface area contributed by atoms with Crippen LogP contribution in [-0.4, -0.2) is 37.2 Å². The van der Waals surface area contributed by atoms with Crippen molar-refractivity contribution in [1.82, 2.24) is 4.90 Å². The molecule has 0 bridgehead atoms. The van der Waals surface area contributed by atoms with E-state index in [0.717, 1.165) is 3.57 Å². The average Bonchev–Trinajstić information content (AvgIpc) is 2.16. The van der Waals surface area contributed by atoms with Crippen LogP contribution in [0.25, 0.3) is 0 Å². The molecule has 0 spiro atoms. The molecule has 1 rings (SSSR count). The van der Waals surface area contributed by atoms with E-state index < -0.39 is 6.43 Å². The Labute approximate surface area is 107 Å². The number of carbonyl (C=O) groups excluding carboxylic acids is 1. The Bertz CT molecular complexity index is 354. The number of carbonyl (C=O) groups is 1. The molecule has 0 aliphatic rings. The van der Waals surface area contributed by atoms with Crippen LogP contribution in [0, 0.1) is 3.57 Å². The number of Topliss-reactive ketones (excluding diaryl/α,β-unsaturated/α-hetero) is 1. The number of alkyl halides is 2. The van der Waals surface area contributed by atoms with Gasteiger partial charge in [-0.05, 0) is 41.8 Å². The number of rotatable bonds is 5.